The van der Waals surface area contributed by atoms with Crippen LogP contribution in [0.25, 0.3) is 0 Å². The van der Waals surface area contributed by atoms with Crippen molar-refractivity contribution in [1.29, 1.82) is 0 Å². The Morgan fingerprint density at radius 1 is 1.35 bits per heavy atom. The van der Waals surface area contributed by atoms with Crippen LogP contribution in [0.15, 0.2) is 43.0 Å². The molecule has 0 spiro atoms. The van der Waals surface area contributed by atoms with E-state index in [1.165, 1.54) is 0 Å². The van der Waals surface area contributed by atoms with Gasteiger partial charge in [-0.2, -0.15) is 13.2 Å². The summed E-state index contributed by atoms with van der Waals surface area (Å²) in [6, 6.07) is 6.02. The molecule has 124 valence electrons. The second kappa shape index (κ2) is 7.28. The van der Waals surface area contributed by atoms with Crippen LogP contribution in [0.3, 0.4) is 0 Å². The molecule has 1 N–H and O–H groups in total. The quantitative estimate of drug-likeness (QED) is 0.887. The minimum atomic E-state index is -4.34. The van der Waals surface area contributed by atoms with Crippen molar-refractivity contribution in [3.63, 3.8) is 0 Å². The molecule has 1 aromatic heterocycles. The molecule has 2 rings (SSSR count). The number of imidazole rings is 1. The monoisotopic (exact) mass is 327 g/mol. The molecule has 5 nitrogen and oxygen atoms in total. The number of hydrogen-bond acceptors (Lipinski definition) is 3. The van der Waals surface area contributed by atoms with Crippen molar-refractivity contribution in [2.24, 2.45) is 0 Å². The van der Waals surface area contributed by atoms with Crippen LogP contribution in [0.1, 0.15) is 18.5 Å². The number of aromatic nitrogens is 2. The molecule has 1 aromatic carbocycles. The minimum Gasteiger partial charge on any atom is -0.367 e. The summed E-state index contributed by atoms with van der Waals surface area (Å²) in [5.74, 6) is -0.218. The Labute approximate surface area is 131 Å². The summed E-state index contributed by atoms with van der Waals surface area (Å²) in [4.78, 5) is 15.9. The van der Waals surface area contributed by atoms with E-state index < -0.39 is 18.8 Å². The van der Waals surface area contributed by atoms with E-state index in [9.17, 15) is 18.0 Å². The van der Waals surface area contributed by atoms with E-state index in [4.69, 9.17) is 0 Å². The Morgan fingerprint density at radius 2 is 2.04 bits per heavy atom. The maximum Gasteiger partial charge on any atom is 0.411 e. The van der Waals surface area contributed by atoms with Gasteiger partial charge in [0.2, 0.25) is 5.91 Å². The van der Waals surface area contributed by atoms with Crippen LogP contribution >= 0.6 is 0 Å². The van der Waals surface area contributed by atoms with Crippen LogP contribution < -0.4 is 5.32 Å². The zero-order valence-electron chi connectivity index (χ0n) is 12.4. The Morgan fingerprint density at radius 3 is 2.61 bits per heavy atom. The van der Waals surface area contributed by atoms with Gasteiger partial charge in [-0.15, -0.1) is 0 Å². The summed E-state index contributed by atoms with van der Waals surface area (Å²) in [6.45, 7) is 0.309. The van der Waals surface area contributed by atoms with Gasteiger partial charge in [0.25, 0.3) is 0 Å². The third-order valence-corrected chi connectivity index (χ3v) is 3.11. The molecule has 23 heavy (non-hydrogen) atoms. The Bertz CT molecular complexity index is 624. The number of carbonyl (C=O) groups is 1. The number of anilines is 1. The lowest BCUT2D eigenvalue weighted by Crippen LogP contribution is -2.22. The summed E-state index contributed by atoms with van der Waals surface area (Å²) in [5.41, 5.74) is 1.15. The number of hydrogen-bond donors (Lipinski definition) is 1. The van der Waals surface area contributed by atoms with Gasteiger partial charge >= 0.3 is 6.18 Å². The van der Waals surface area contributed by atoms with E-state index in [-0.39, 0.29) is 12.5 Å². The fraction of sp³-hybridized carbons (Fsp3) is 0.333. The molecule has 8 heteroatoms. The van der Waals surface area contributed by atoms with Crippen LogP contribution in [0, 0.1) is 0 Å². The van der Waals surface area contributed by atoms with Gasteiger partial charge in [0.1, 0.15) is 12.6 Å². The Kier molecular flexibility index (Phi) is 5.38. The summed E-state index contributed by atoms with van der Waals surface area (Å²) >= 11 is 0. The fourth-order valence-electron chi connectivity index (χ4n) is 1.85. The van der Waals surface area contributed by atoms with Crippen molar-refractivity contribution in [2.75, 3.05) is 11.9 Å². The highest BCUT2D eigenvalue weighted by molar-refractivity contribution is 5.93. The fourth-order valence-corrected chi connectivity index (χ4v) is 1.85. The largest absolute Gasteiger partial charge is 0.411 e. The van der Waals surface area contributed by atoms with Gasteiger partial charge in [0.05, 0.1) is 12.9 Å². The first-order chi connectivity index (χ1) is 10.8. The topological polar surface area (TPSA) is 56.1 Å². The van der Waals surface area contributed by atoms with Gasteiger partial charge in [0, 0.05) is 18.1 Å². The number of ether oxygens (including phenoxy) is 1. The highest BCUT2D eigenvalue weighted by Gasteiger charge is 2.27. The first-order valence-electron chi connectivity index (χ1n) is 6.87. The maximum atomic E-state index is 12.1. The van der Waals surface area contributed by atoms with Crippen LogP contribution in [0.4, 0.5) is 18.9 Å². The first kappa shape index (κ1) is 17.0. The number of halogens is 3. The second-order valence-corrected chi connectivity index (χ2v) is 4.98. The molecule has 1 heterocycles. The van der Waals surface area contributed by atoms with E-state index in [1.807, 2.05) is 0 Å². The molecule has 1 atom stereocenters. The average molecular weight is 327 g/mol. The average Bonchev–Trinajstić information content (AvgIpc) is 3.01. The summed E-state index contributed by atoms with van der Waals surface area (Å²) in [7, 11) is 0. The van der Waals surface area contributed by atoms with Crippen LogP contribution in [-0.2, 0) is 16.1 Å². The molecule has 0 fully saturated rings. The summed E-state index contributed by atoms with van der Waals surface area (Å²) < 4.78 is 42.2. The van der Waals surface area contributed by atoms with Crippen molar-refractivity contribution in [3.8, 4) is 0 Å². The Balaban J connectivity index is 1.86. The molecule has 0 radical (unpaired) electrons. The highest BCUT2D eigenvalue weighted by Crippen LogP contribution is 2.17. The SMILES string of the molecule is C[C@@H](C(=O)Nc1ccc(COCC(F)(F)F)cc1)n1ccnc1. The van der Waals surface area contributed by atoms with Gasteiger partial charge < -0.3 is 14.6 Å². The second-order valence-electron chi connectivity index (χ2n) is 4.98. The molecule has 2 aromatic rings. The maximum absolute atomic E-state index is 12.1. The van der Waals surface area contributed by atoms with Crippen LogP contribution in [0.5, 0.6) is 0 Å². The number of nitrogens with zero attached hydrogens (tertiary/aromatic N) is 2. The molecule has 0 bridgehead atoms. The number of rotatable bonds is 6. The molecular weight excluding hydrogens is 311 g/mol. The van der Waals surface area contributed by atoms with E-state index in [0.717, 1.165) is 0 Å². The molecule has 0 unspecified atom stereocenters. The highest BCUT2D eigenvalue weighted by atomic mass is 19.4. The van der Waals surface area contributed by atoms with Gasteiger partial charge in [-0.25, -0.2) is 4.98 Å². The van der Waals surface area contributed by atoms with E-state index in [2.05, 4.69) is 15.0 Å². The third-order valence-electron chi connectivity index (χ3n) is 3.11. The number of carbonyl (C=O) groups excluding carboxylic acids is 1. The smallest absolute Gasteiger partial charge is 0.367 e. The Hall–Kier alpha value is -2.35. The third kappa shape index (κ3) is 5.41. The normalized spacial score (nSPS) is 12.9. The van der Waals surface area contributed by atoms with Gasteiger partial charge in [-0.1, -0.05) is 12.1 Å². The summed E-state index contributed by atoms with van der Waals surface area (Å²) in [5, 5.41) is 2.73. The molecule has 0 aliphatic carbocycles. The molecule has 0 aliphatic heterocycles. The predicted molar refractivity (Wildman–Crippen MR) is 77.7 cm³/mol. The molecule has 0 saturated carbocycles. The zero-order chi connectivity index (χ0) is 16.9. The molecule has 1 amide bonds. The standard InChI is InChI=1S/C15H16F3N3O2/c1-11(21-7-6-19-10-21)14(22)20-13-4-2-12(3-5-13)8-23-9-15(16,17)18/h2-7,10-11H,8-9H2,1H3,(H,20,22)/t11-/m0/s1. The molecular formula is C15H16F3N3O2. The van der Waals surface area contributed by atoms with Crippen molar-refractivity contribution in [2.45, 2.75) is 25.7 Å². The lowest BCUT2D eigenvalue weighted by Gasteiger charge is -2.13. The number of alkyl halides is 3. The van der Waals surface area contributed by atoms with E-state index in [0.29, 0.717) is 11.3 Å². The minimum absolute atomic E-state index is 0.140. The predicted octanol–water partition coefficient (Wildman–Crippen LogP) is 3.16. The van der Waals surface area contributed by atoms with Crippen LogP contribution in [0.2, 0.25) is 0 Å². The van der Waals surface area contributed by atoms with Crippen molar-refractivity contribution in [1.82, 2.24) is 9.55 Å². The van der Waals surface area contributed by atoms with Crippen molar-refractivity contribution < 1.29 is 22.7 Å². The lowest BCUT2D eigenvalue weighted by atomic mass is 10.2. The van der Waals surface area contributed by atoms with Gasteiger partial charge in [0.15, 0.2) is 0 Å². The summed E-state index contributed by atoms with van der Waals surface area (Å²) in [6.07, 6.45) is 0.480. The van der Waals surface area contributed by atoms with Gasteiger partial charge in [-0.3, -0.25) is 4.79 Å². The lowest BCUT2D eigenvalue weighted by molar-refractivity contribution is -0.176. The number of nitrogens with one attached hydrogen (secondary N) is 1. The van der Waals surface area contributed by atoms with Gasteiger partial charge in [-0.05, 0) is 24.6 Å². The number of benzene rings is 1. The van der Waals surface area contributed by atoms with Crippen molar-refractivity contribution in [3.05, 3.63) is 48.5 Å². The zero-order valence-corrected chi connectivity index (χ0v) is 12.4. The first-order valence-corrected chi connectivity index (χ1v) is 6.87. The van der Waals surface area contributed by atoms with Crippen LogP contribution in [-0.4, -0.2) is 28.2 Å². The molecule has 0 saturated heterocycles. The van der Waals surface area contributed by atoms with Crippen molar-refractivity contribution >= 4 is 11.6 Å². The molecule has 0 aliphatic rings. The van der Waals surface area contributed by atoms with E-state index in [1.54, 1.807) is 54.5 Å². The number of amides is 1. The van der Waals surface area contributed by atoms with E-state index >= 15 is 0 Å².